The smallest absolute Gasteiger partial charge is 0.119 e. The lowest BCUT2D eigenvalue weighted by Crippen LogP contribution is -2.25. The number of hydrogen-bond donors (Lipinski definition) is 0. The van der Waals surface area contributed by atoms with E-state index in [1.54, 1.807) is 0 Å². The molecule has 0 heterocycles. The average molecular weight is 355 g/mol. The van der Waals surface area contributed by atoms with Gasteiger partial charge in [0.25, 0.3) is 0 Å². The van der Waals surface area contributed by atoms with Gasteiger partial charge in [-0.25, -0.2) is 0 Å². The van der Waals surface area contributed by atoms with Crippen molar-refractivity contribution >= 4 is 0 Å². The number of allylic oxidation sites excluding steroid dienone is 1. The van der Waals surface area contributed by atoms with Crippen molar-refractivity contribution < 1.29 is 4.74 Å². The van der Waals surface area contributed by atoms with Crippen molar-refractivity contribution in [3.05, 3.63) is 42.0 Å². The molecule has 1 aromatic carbocycles. The van der Waals surface area contributed by atoms with Gasteiger partial charge >= 0.3 is 0 Å². The second-order valence-corrected chi connectivity index (χ2v) is 8.80. The Balaban J connectivity index is 1.33. The van der Waals surface area contributed by atoms with Gasteiger partial charge in [-0.15, -0.1) is 0 Å². The van der Waals surface area contributed by atoms with Gasteiger partial charge in [-0.1, -0.05) is 62.5 Å². The zero-order valence-electron chi connectivity index (χ0n) is 17.0. The summed E-state index contributed by atoms with van der Waals surface area (Å²) < 4.78 is 5.81. The van der Waals surface area contributed by atoms with E-state index >= 15 is 0 Å². The highest BCUT2D eigenvalue weighted by molar-refractivity contribution is 5.26. The first-order valence-corrected chi connectivity index (χ1v) is 11.1. The minimum Gasteiger partial charge on any atom is -0.490 e. The van der Waals surface area contributed by atoms with Crippen LogP contribution in [0.4, 0.5) is 0 Å². The van der Waals surface area contributed by atoms with Crippen LogP contribution in [0.3, 0.4) is 0 Å². The third kappa shape index (κ3) is 5.89. The Bertz CT molecular complexity index is 528. The van der Waals surface area contributed by atoms with E-state index in [1.165, 1.54) is 69.8 Å². The molecule has 0 N–H and O–H groups in total. The predicted octanol–water partition coefficient (Wildman–Crippen LogP) is 7.34. The minimum absolute atomic E-state index is 0.699. The van der Waals surface area contributed by atoms with Crippen LogP contribution in [0.2, 0.25) is 0 Å². The van der Waals surface area contributed by atoms with Gasteiger partial charge in [-0.3, -0.25) is 0 Å². The average Bonchev–Trinajstić information content (AvgIpc) is 2.68. The van der Waals surface area contributed by atoms with Crippen molar-refractivity contribution in [3.8, 4) is 5.75 Å². The molecule has 2 aliphatic rings. The maximum absolute atomic E-state index is 5.81. The zero-order chi connectivity index (χ0) is 18.2. The molecule has 0 atom stereocenters. The Morgan fingerprint density at radius 2 is 1.50 bits per heavy atom. The van der Waals surface area contributed by atoms with Crippen LogP contribution in [-0.4, -0.2) is 6.61 Å². The summed E-state index contributed by atoms with van der Waals surface area (Å²) in [6.45, 7) is 5.15. The quantitative estimate of drug-likeness (QED) is 0.465. The molecule has 2 saturated carbocycles. The number of hydrogen-bond acceptors (Lipinski definition) is 1. The summed E-state index contributed by atoms with van der Waals surface area (Å²) >= 11 is 0. The molecule has 0 spiro atoms. The number of aryl methyl sites for hydroxylation is 1. The van der Waals surface area contributed by atoms with Crippen molar-refractivity contribution in [3.63, 3.8) is 0 Å². The van der Waals surface area contributed by atoms with Crippen molar-refractivity contribution in [1.29, 1.82) is 0 Å². The summed E-state index contributed by atoms with van der Waals surface area (Å²) in [7, 11) is 0. The van der Waals surface area contributed by atoms with Crippen molar-refractivity contribution in [2.24, 2.45) is 23.7 Å². The van der Waals surface area contributed by atoms with E-state index in [-0.39, 0.29) is 0 Å². The van der Waals surface area contributed by atoms with Crippen LogP contribution >= 0.6 is 0 Å². The maximum Gasteiger partial charge on any atom is 0.119 e. The number of ether oxygens (including phenoxy) is 1. The van der Waals surface area contributed by atoms with Crippen molar-refractivity contribution in [1.82, 2.24) is 0 Å². The second-order valence-electron chi connectivity index (χ2n) is 8.80. The van der Waals surface area contributed by atoms with Crippen LogP contribution in [0.15, 0.2) is 36.4 Å². The summed E-state index contributed by atoms with van der Waals surface area (Å²) in [5.74, 6) is 4.86. The summed E-state index contributed by atoms with van der Waals surface area (Å²) in [6, 6.07) is 8.33. The summed E-state index contributed by atoms with van der Waals surface area (Å²) in [5, 5.41) is 0. The Kier molecular flexibility index (Phi) is 7.65. The lowest BCUT2D eigenvalue weighted by atomic mass is 9.69. The third-order valence-electron chi connectivity index (χ3n) is 6.85. The van der Waals surface area contributed by atoms with Gasteiger partial charge in [0.05, 0.1) is 0 Å². The van der Waals surface area contributed by atoms with Gasteiger partial charge in [0.2, 0.25) is 0 Å². The minimum atomic E-state index is 0.699. The van der Waals surface area contributed by atoms with E-state index in [0.29, 0.717) is 6.61 Å². The zero-order valence-corrected chi connectivity index (χ0v) is 17.0. The topological polar surface area (TPSA) is 9.23 Å². The van der Waals surface area contributed by atoms with Crippen LogP contribution in [0.1, 0.15) is 76.7 Å². The van der Waals surface area contributed by atoms with E-state index in [1.807, 2.05) is 0 Å². The van der Waals surface area contributed by atoms with E-state index < -0.39 is 0 Å². The first kappa shape index (κ1) is 19.5. The lowest BCUT2D eigenvalue weighted by molar-refractivity contribution is 0.152. The fraction of sp³-hybridized carbons (Fsp3) is 0.680. The Morgan fingerprint density at radius 3 is 2.12 bits per heavy atom. The molecular formula is C25H38O. The molecule has 2 fully saturated rings. The van der Waals surface area contributed by atoms with Crippen LogP contribution in [-0.2, 0) is 0 Å². The van der Waals surface area contributed by atoms with E-state index in [9.17, 15) is 0 Å². The Morgan fingerprint density at radius 1 is 0.885 bits per heavy atom. The van der Waals surface area contributed by atoms with Gasteiger partial charge in [0.15, 0.2) is 0 Å². The fourth-order valence-corrected chi connectivity index (χ4v) is 5.19. The third-order valence-corrected chi connectivity index (χ3v) is 6.85. The molecule has 1 heteroatoms. The first-order valence-electron chi connectivity index (χ1n) is 11.1. The summed E-state index contributed by atoms with van der Waals surface area (Å²) in [4.78, 5) is 0. The number of benzene rings is 1. The number of rotatable bonds is 7. The monoisotopic (exact) mass is 354 g/mol. The molecular weight excluding hydrogens is 316 g/mol. The molecule has 1 aromatic rings. The van der Waals surface area contributed by atoms with Crippen molar-refractivity contribution in [2.45, 2.75) is 78.1 Å². The predicted molar refractivity (Wildman–Crippen MR) is 112 cm³/mol. The largest absolute Gasteiger partial charge is 0.490 e. The standard InChI is InChI=1S/C25H38O/c1-3-5-21-9-13-23(14-10-21)24-15-11-22(12-16-24)6-4-19-26-25-17-7-20(2)8-18-25/h4,6-8,17-18,21-24H,3,5,9-16,19H2,1-2H3. The lowest BCUT2D eigenvalue weighted by Gasteiger charge is -2.37. The van der Waals surface area contributed by atoms with Crippen LogP contribution in [0.25, 0.3) is 0 Å². The molecule has 1 nitrogen and oxygen atoms in total. The molecule has 0 unspecified atom stereocenters. The van der Waals surface area contributed by atoms with Crippen molar-refractivity contribution in [2.75, 3.05) is 6.61 Å². The SMILES string of the molecule is CCCC1CCC(C2CCC(C=CCOc3ccc(C)cc3)CC2)CC1. The highest BCUT2D eigenvalue weighted by Gasteiger charge is 2.29. The Hall–Kier alpha value is -1.24. The highest BCUT2D eigenvalue weighted by atomic mass is 16.5. The second kappa shape index (κ2) is 10.2. The molecule has 0 aliphatic heterocycles. The molecule has 0 aromatic heterocycles. The van der Waals surface area contributed by atoms with Gasteiger partial charge in [-0.2, -0.15) is 0 Å². The maximum atomic E-state index is 5.81. The Labute approximate surface area is 161 Å². The van der Waals surface area contributed by atoms with E-state index in [2.05, 4.69) is 50.3 Å². The highest BCUT2D eigenvalue weighted by Crippen LogP contribution is 2.42. The molecule has 2 aliphatic carbocycles. The fourth-order valence-electron chi connectivity index (χ4n) is 5.19. The van der Waals surface area contributed by atoms with E-state index in [0.717, 1.165) is 29.4 Å². The molecule has 0 amide bonds. The summed E-state index contributed by atoms with van der Waals surface area (Å²) in [6.07, 6.45) is 19.2. The van der Waals surface area contributed by atoms with Crippen LogP contribution in [0, 0.1) is 30.6 Å². The molecule has 0 saturated heterocycles. The summed E-state index contributed by atoms with van der Waals surface area (Å²) in [5.41, 5.74) is 1.28. The van der Waals surface area contributed by atoms with Crippen LogP contribution in [0.5, 0.6) is 5.75 Å². The molecule has 0 radical (unpaired) electrons. The molecule has 0 bridgehead atoms. The molecule has 144 valence electrons. The van der Waals surface area contributed by atoms with Gasteiger partial charge < -0.3 is 4.74 Å². The van der Waals surface area contributed by atoms with Gasteiger partial charge in [0, 0.05) is 0 Å². The molecule has 3 rings (SSSR count). The van der Waals surface area contributed by atoms with Gasteiger partial charge in [0.1, 0.15) is 12.4 Å². The van der Waals surface area contributed by atoms with Crippen LogP contribution < -0.4 is 4.74 Å². The first-order chi connectivity index (χ1) is 12.7. The van der Waals surface area contributed by atoms with Gasteiger partial charge in [-0.05, 0) is 81.3 Å². The molecule has 26 heavy (non-hydrogen) atoms. The normalized spacial score (nSPS) is 29.8. The van der Waals surface area contributed by atoms with E-state index in [4.69, 9.17) is 4.74 Å².